The lowest BCUT2D eigenvalue weighted by Crippen LogP contribution is -2.16. The van der Waals surface area contributed by atoms with Crippen LogP contribution in [0.4, 0.5) is 0 Å². The van der Waals surface area contributed by atoms with Gasteiger partial charge in [-0.2, -0.15) is 0 Å². The van der Waals surface area contributed by atoms with Crippen molar-refractivity contribution in [3.05, 3.63) is 6.42 Å². The number of rotatable bonds is 8. The zero-order chi connectivity index (χ0) is 9.23. The topological polar surface area (TPSA) is 18.5 Å². The molecular formula is C10H21O2. The van der Waals surface area contributed by atoms with Gasteiger partial charge in [0.15, 0.2) is 0 Å². The van der Waals surface area contributed by atoms with Crippen molar-refractivity contribution in [2.75, 3.05) is 19.8 Å². The first kappa shape index (κ1) is 11.9. The van der Waals surface area contributed by atoms with Crippen LogP contribution in [0.5, 0.6) is 0 Å². The molecule has 1 unspecified atom stereocenters. The van der Waals surface area contributed by atoms with Crippen LogP contribution in [0.2, 0.25) is 0 Å². The first-order valence-electron chi connectivity index (χ1n) is 4.78. The third-order valence-corrected chi connectivity index (χ3v) is 1.54. The molecule has 0 saturated heterocycles. The molecule has 12 heavy (non-hydrogen) atoms. The molecule has 0 aromatic rings. The Morgan fingerprint density at radius 3 is 2.75 bits per heavy atom. The van der Waals surface area contributed by atoms with Gasteiger partial charge in [-0.15, -0.1) is 0 Å². The molecule has 0 bridgehead atoms. The van der Waals surface area contributed by atoms with E-state index in [1.165, 1.54) is 6.42 Å². The largest absolute Gasteiger partial charge is 0.378 e. The Morgan fingerprint density at radius 1 is 1.42 bits per heavy atom. The summed E-state index contributed by atoms with van der Waals surface area (Å²) in [4.78, 5) is 0. The van der Waals surface area contributed by atoms with Gasteiger partial charge in [0.25, 0.3) is 0 Å². The van der Waals surface area contributed by atoms with Crippen LogP contribution >= 0.6 is 0 Å². The molecule has 0 fully saturated rings. The highest BCUT2D eigenvalue weighted by Gasteiger charge is 2.00. The molecule has 0 amide bonds. The Labute approximate surface area is 76.3 Å². The second kappa shape index (κ2) is 9.01. The maximum Gasteiger partial charge on any atom is 0.0780 e. The quantitative estimate of drug-likeness (QED) is 0.525. The Kier molecular flexibility index (Phi) is 8.95. The van der Waals surface area contributed by atoms with E-state index in [0.717, 1.165) is 19.6 Å². The van der Waals surface area contributed by atoms with Crippen molar-refractivity contribution in [3.63, 3.8) is 0 Å². The lowest BCUT2D eigenvalue weighted by Gasteiger charge is -2.12. The van der Waals surface area contributed by atoms with E-state index in [2.05, 4.69) is 6.92 Å². The van der Waals surface area contributed by atoms with Crippen molar-refractivity contribution in [1.29, 1.82) is 0 Å². The van der Waals surface area contributed by atoms with Crippen LogP contribution in [0.3, 0.4) is 0 Å². The van der Waals surface area contributed by atoms with Crippen LogP contribution in [0, 0.1) is 6.42 Å². The minimum absolute atomic E-state index is 0.233. The van der Waals surface area contributed by atoms with E-state index in [4.69, 9.17) is 9.47 Å². The minimum Gasteiger partial charge on any atom is -0.378 e. The molecule has 0 aliphatic rings. The van der Waals surface area contributed by atoms with Gasteiger partial charge in [0.05, 0.1) is 12.7 Å². The maximum atomic E-state index is 5.49. The molecule has 2 heteroatoms. The predicted octanol–water partition coefficient (Wildman–Crippen LogP) is 2.43. The van der Waals surface area contributed by atoms with E-state index < -0.39 is 0 Å². The Balaban J connectivity index is 3.04. The molecule has 0 saturated carbocycles. The predicted molar refractivity (Wildman–Crippen MR) is 51.1 cm³/mol. The van der Waals surface area contributed by atoms with Crippen molar-refractivity contribution >= 4 is 0 Å². The van der Waals surface area contributed by atoms with E-state index in [1.54, 1.807) is 0 Å². The maximum absolute atomic E-state index is 5.49. The molecule has 0 aliphatic carbocycles. The van der Waals surface area contributed by atoms with Crippen LogP contribution in [-0.4, -0.2) is 25.9 Å². The SMILES string of the molecule is C[CH]COCC(C)OCCCC. The molecule has 0 aromatic carbocycles. The fourth-order valence-corrected chi connectivity index (χ4v) is 0.829. The van der Waals surface area contributed by atoms with Gasteiger partial charge in [-0.05, 0) is 19.8 Å². The Morgan fingerprint density at radius 2 is 2.17 bits per heavy atom. The average Bonchev–Trinajstić information content (AvgIpc) is 2.06. The van der Waals surface area contributed by atoms with Gasteiger partial charge in [-0.1, -0.05) is 20.3 Å². The molecule has 1 radical (unpaired) electrons. The average molecular weight is 173 g/mol. The summed E-state index contributed by atoms with van der Waals surface area (Å²) in [5, 5.41) is 0. The van der Waals surface area contributed by atoms with Gasteiger partial charge in [0, 0.05) is 13.2 Å². The molecule has 0 spiro atoms. The van der Waals surface area contributed by atoms with E-state index >= 15 is 0 Å². The highest BCUT2D eigenvalue weighted by molar-refractivity contribution is 4.53. The zero-order valence-corrected chi connectivity index (χ0v) is 8.51. The van der Waals surface area contributed by atoms with Crippen LogP contribution in [0.25, 0.3) is 0 Å². The minimum atomic E-state index is 0.233. The highest BCUT2D eigenvalue weighted by atomic mass is 16.5. The zero-order valence-electron chi connectivity index (χ0n) is 8.51. The van der Waals surface area contributed by atoms with Gasteiger partial charge in [0.1, 0.15) is 0 Å². The number of unbranched alkanes of at least 4 members (excludes halogenated alkanes) is 1. The lowest BCUT2D eigenvalue weighted by atomic mass is 10.3. The molecule has 2 nitrogen and oxygen atoms in total. The van der Waals surface area contributed by atoms with Gasteiger partial charge in [-0.3, -0.25) is 0 Å². The molecular weight excluding hydrogens is 152 g/mol. The molecule has 73 valence electrons. The van der Waals surface area contributed by atoms with Gasteiger partial charge in [0.2, 0.25) is 0 Å². The summed E-state index contributed by atoms with van der Waals surface area (Å²) in [7, 11) is 0. The molecule has 0 aliphatic heterocycles. The Hall–Kier alpha value is -0.0800. The van der Waals surface area contributed by atoms with E-state index in [1.807, 2.05) is 20.3 Å². The van der Waals surface area contributed by atoms with Crippen LogP contribution in [-0.2, 0) is 9.47 Å². The van der Waals surface area contributed by atoms with Gasteiger partial charge < -0.3 is 9.47 Å². The van der Waals surface area contributed by atoms with Gasteiger partial charge in [-0.25, -0.2) is 0 Å². The molecule has 1 atom stereocenters. The normalized spacial score (nSPS) is 13.2. The standard InChI is InChI=1S/C10H21O2/c1-4-6-8-12-10(3)9-11-7-5-2/h5,10H,4,6-9H2,1-3H3. The number of ether oxygens (including phenoxy) is 2. The van der Waals surface area contributed by atoms with Crippen molar-refractivity contribution < 1.29 is 9.47 Å². The van der Waals surface area contributed by atoms with Crippen LogP contribution < -0.4 is 0 Å². The second-order valence-electron chi connectivity index (χ2n) is 2.98. The summed E-state index contributed by atoms with van der Waals surface area (Å²) in [6, 6.07) is 0. The van der Waals surface area contributed by atoms with Gasteiger partial charge >= 0.3 is 0 Å². The molecule has 0 aromatic heterocycles. The summed E-state index contributed by atoms with van der Waals surface area (Å²) >= 11 is 0. The summed E-state index contributed by atoms with van der Waals surface area (Å²) in [5.41, 5.74) is 0. The molecule has 0 rings (SSSR count). The summed E-state index contributed by atoms with van der Waals surface area (Å²) < 4.78 is 10.8. The number of hydrogen-bond acceptors (Lipinski definition) is 2. The summed E-state index contributed by atoms with van der Waals surface area (Å²) in [6.07, 6.45) is 4.57. The fourth-order valence-electron chi connectivity index (χ4n) is 0.829. The number of hydrogen-bond donors (Lipinski definition) is 0. The van der Waals surface area contributed by atoms with Crippen LogP contribution in [0.15, 0.2) is 0 Å². The summed E-state index contributed by atoms with van der Waals surface area (Å²) in [5.74, 6) is 0. The van der Waals surface area contributed by atoms with E-state index in [-0.39, 0.29) is 6.10 Å². The van der Waals surface area contributed by atoms with E-state index in [9.17, 15) is 0 Å². The monoisotopic (exact) mass is 173 g/mol. The molecule has 0 heterocycles. The van der Waals surface area contributed by atoms with Crippen LogP contribution in [0.1, 0.15) is 33.6 Å². The smallest absolute Gasteiger partial charge is 0.0780 e. The third kappa shape index (κ3) is 8.02. The summed E-state index contributed by atoms with van der Waals surface area (Å²) in [6.45, 7) is 8.48. The molecule has 0 N–H and O–H groups in total. The highest BCUT2D eigenvalue weighted by Crippen LogP contribution is 1.95. The van der Waals surface area contributed by atoms with Crippen molar-refractivity contribution in [1.82, 2.24) is 0 Å². The van der Waals surface area contributed by atoms with E-state index in [0.29, 0.717) is 6.61 Å². The third-order valence-electron chi connectivity index (χ3n) is 1.54. The Bertz CT molecular complexity index is 73.9. The van der Waals surface area contributed by atoms with Crippen molar-refractivity contribution in [3.8, 4) is 0 Å². The van der Waals surface area contributed by atoms with Crippen molar-refractivity contribution in [2.24, 2.45) is 0 Å². The first-order valence-corrected chi connectivity index (χ1v) is 4.78. The van der Waals surface area contributed by atoms with Crippen molar-refractivity contribution in [2.45, 2.75) is 39.7 Å². The fraction of sp³-hybridized carbons (Fsp3) is 0.900. The first-order chi connectivity index (χ1) is 5.81. The lowest BCUT2D eigenvalue weighted by molar-refractivity contribution is -0.00234. The second-order valence-corrected chi connectivity index (χ2v) is 2.98.